The van der Waals surface area contributed by atoms with Gasteiger partial charge in [0.15, 0.2) is 0 Å². The van der Waals surface area contributed by atoms with Crippen molar-refractivity contribution in [3.63, 3.8) is 0 Å². The fraction of sp³-hybridized carbons (Fsp3) is 0.355. The van der Waals surface area contributed by atoms with Gasteiger partial charge in [0.1, 0.15) is 18.3 Å². The third-order valence-corrected chi connectivity index (χ3v) is 10.1. The van der Waals surface area contributed by atoms with Crippen molar-refractivity contribution in [2.45, 2.75) is 63.1 Å². The van der Waals surface area contributed by atoms with E-state index in [-0.39, 0.29) is 39.1 Å². The molecule has 3 aromatic carbocycles. The Bertz CT molecular complexity index is 1510. The maximum Gasteiger partial charge on any atom is 0.264 e. The fourth-order valence-corrected chi connectivity index (χ4v) is 6.81. The predicted octanol–water partition coefficient (Wildman–Crippen LogP) is 5.98. The van der Waals surface area contributed by atoms with Crippen molar-refractivity contribution in [3.05, 3.63) is 87.9 Å². The lowest BCUT2D eigenvalue weighted by molar-refractivity contribution is -0.139. The third-order valence-electron chi connectivity index (χ3n) is 7.47. The van der Waals surface area contributed by atoms with Crippen LogP contribution in [0.15, 0.2) is 71.6 Å². The first-order valence-corrected chi connectivity index (χ1v) is 16.0. The van der Waals surface area contributed by atoms with Gasteiger partial charge in [-0.1, -0.05) is 71.9 Å². The van der Waals surface area contributed by atoms with Crippen LogP contribution >= 0.6 is 23.2 Å². The Balaban J connectivity index is 1.71. The molecule has 8 nitrogen and oxygen atoms in total. The van der Waals surface area contributed by atoms with E-state index in [1.54, 1.807) is 56.5 Å². The Labute approximate surface area is 257 Å². The highest BCUT2D eigenvalue weighted by atomic mass is 35.5. The number of methoxy groups -OCH3 is 1. The molecule has 0 heterocycles. The molecule has 0 spiro atoms. The van der Waals surface area contributed by atoms with Crippen LogP contribution in [0.3, 0.4) is 0 Å². The maximum atomic E-state index is 14.1. The molecular formula is C31H35Cl2N3O5S. The van der Waals surface area contributed by atoms with E-state index in [4.69, 9.17) is 27.9 Å². The SMILES string of the molecule is COc1ccc(CN(C(=O)CN(c2cccc(Cl)c2Cl)S(=O)(=O)c2ccc(C)cc2)C(C)C(=O)NC2CCCC2)cc1. The molecule has 1 aliphatic carbocycles. The van der Waals surface area contributed by atoms with Crippen molar-refractivity contribution in [2.75, 3.05) is 18.0 Å². The van der Waals surface area contributed by atoms with Gasteiger partial charge in [-0.2, -0.15) is 0 Å². The van der Waals surface area contributed by atoms with E-state index in [2.05, 4.69) is 5.32 Å². The van der Waals surface area contributed by atoms with E-state index in [9.17, 15) is 18.0 Å². The number of nitrogens with zero attached hydrogens (tertiary/aromatic N) is 2. The molecule has 2 amide bonds. The standard InChI is InChI=1S/C31H35Cl2N3O5S/c1-21-11-17-26(18-12-21)42(39,40)36(28-10-6-9-27(32)30(28)33)20-29(37)35(19-23-13-15-25(41-3)16-14-23)22(2)31(38)34-24-7-4-5-8-24/h6,9-18,22,24H,4-5,7-8,19-20H2,1-3H3,(H,34,38). The Morgan fingerprint density at radius 3 is 2.26 bits per heavy atom. The van der Waals surface area contributed by atoms with Gasteiger partial charge in [-0.3, -0.25) is 13.9 Å². The molecule has 3 aromatic rings. The monoisotopic (exact) mass is 631 g/mol. The quantitative estimate of drug-likeness (QED) is 0.281. The summed E-state index contributed by atoms with van der Waals surface area (Å²) in [5.41, 5.74) is 1.69. The number of hydrogen-bond acceptors (Lipinski definition) is 5. The maximum absolute atomic E-state index is 14.1. The summed E-state index contributed by atoms with van der Waals surface area (Å²) >= 11 is 12.8. The van der Waals surface area contributed by atoms with Gasteiger partial charge in [0.2, 0.25) is 11.8 Å². The second kappa shape index (κ2) is 13.8. The van der Waals surface area contributed by atoms with Crippen LogP contribution in [0.2, 0.25) is 10.0 Å². The number of amides is 2. The molecule has 4 rings (SSSR count). The van der Waals surface area contributed by atoms with Crippen LogP contribution < -0.4 is 14.4 Å². The zero-order valence-corrected chi connectivity index (χ0v) is 26.2. The number of ether oxygens (including phenoxy) is 1. The van der Waals surface area contributed by atoms with Crippen molar-refractivity contribution in [3.8, 4) is 5.75 Å². The molecule has 1 N–H and O–H groups in total. The molecule has 0 saturated heterocycles. The molecule has 224 valence electrons. The molecule has 1 aliphatic rings. The zero-order chi connectivity index (χ0) is 30.4. The number of anilines is 1. The van der Waals surface area contributed by atoms with Crippen LogP contribution in [0.1, 0.15) is 43.7 Å². The Hall–Kier alpha value is -3.27. The average molecular weight is 633 g/mol. The van der Waals surface area contributed by atoms with E-state index >= 15 is 0 Å². The Morgan fingerprint density at radius 2 is 1.64 bits per heavy atom. The normalized spacial score (nSPS) is 14.3. The van der Waals surface area contributed by atoms with Crippen molar-refractivity contribution in [1.29, 1.82) is 0 Å². The van der Waals surface area contributed by atoms with Crippen LogP contribution in [0.25, 0.3) is 0 Å². The van der Waals surface area contributed by atoms with Crippen LogP contribution in [0, 0.1) is 6.92 Å². The molecule has 11 heteroatoms. The van der Waals surface area contributed by atoms with Crippen molar-refractivity contribution in [1.82, 2.24) is 10.2 Å². The lowest BCUT2D eigenvalue weighted by Crippen LogP contribution is -2.52. The summed E-state index contributed by atoms with van der Waals surface area (Å²) in [5.74, 6) is -0.223. The van der Waals surface area contributed by atoms with Gasteiger partial charge in [0.25, 0.3) is 10.0 Å². The van der Waals surface area contributed by atoms with E-state index in [1.807, 2.05) is 6.92 Å². The highest BCUT2D eigenvalue weighted by Crippen LogP contribution is 2.35. The third kappa shape index (κ3) is 7.38. The number of hydrogen-bond donors (Lipinski definition) is 1. The summed E-state index contributed by atoms with van der Waals surface area (Å²) in [5, 5.41) is 3.20. The van der Waals surface area contributed by atoms with Gasteiger partial charge >= 0.3 is 0 Å². The summed E-state index contributed by atoms with van der Waals surface area (Å²) in [6.45, 7) is 2.97. The topological polar surface area (TPSA) is 96.0 Å². The largest absolute Gasteiger partial charge is 0.497 e. The van der Waals surface area contributed by atoms with Crippen LogP contribution in [-0.2, 0) is 26.2 Å². The molecule has 0 radical (unpaired) electrons. The van der Waals surface area contributed by atoms with Gasteiger partial charge in [-0.15, -0.1) is 0 Å². The first-order valence-electron chi connectivity index (χ1n) is 13.8. The minimum atomic E-state index is -4.26. The average Bonchev–Trinajstić information content (AvgIpc) is 3.49. The molecule has 1 atom stereocenters. The second-order valence-corrected chi connectivity index (χ2v) is 13.1. The Kier molecular flexibility index (Phi) is 10.4. The zero-order valence-electron chi connectivity index (χ0n) is 23.8. The van der Waals surface area contributed by atoms with Gasteiger partial charge in [0.05, 0.1) is 27.7 Å². The van der Waals surface area contributed by atoms with Crippen LogP contribution in [0.4, 0.5) is 5.69 Å². The van der Waals surface area contributed by atoms with Crippen molar-refractivity contribution in [2.24, 2.45) is 0 Å². The van der Waals surface area contributed by atoms with E-state index in [0.29, 0.717) is 5.75 Å². The minimum absolute atomic E-state index is 0.00335. The van der Waals surface area contributed by atoms with E-state index in [0.717, 1.165) is 41.1 Å². The number of aryl methyl sites for hydroxylation is 1. The Morgan fingerprint density at radius 1 is 1.00 bits per heavy atom. The number of carbonyl (C=O) groups is 2. The van der Waals surface area contributed by atoms with Crippen molar-refractivity contribution < 1.29 is 22.7 Å². The van der Waals surface area contributed by atoms with Crippen LogP contribution in [0.5, 0.6) is 5.75 Å². The summed E-state index contributed by atoms with van der Waals surface area (Å²) in [6.07, 6.45) is 3.86. The number of carbonyl (C=O) groups excluding carboxylic acids is 2. The second-order valence-electron chi connectivity index (χ2n) is 10.4. The minimum Gasteiger partial charge on any atom is -0.497 e. The number of nitrogens with one attached hydrogen (secondary N) is 1. The molecule has 1 saturated carbocycles. The number of benzene rings is 3. The highest BCUT2D eigenvalue weighted by Gasteiger charge is 2.34. The summed E-state index contributed by atoms with van der Waals surface area (Å²) in [6, 6.07) is 17.2. The first-order chi connectivity index (χ1) is 20.0. The van der Waals surface area contributed by atoms with Crippen molar-refractivity contribution >= 4 is 50.7 Å². The van der Waals surface area contributed by atoms with Crippen LogP contribution in [-0.4, -0.2) is 50.9 Å². The number of halogens is 2. The molecule has 42 heavy (non-hydrogen) atoms. The fourth-order valence-electron chi connectivity index (χ4n) is 4.94. The molecular weight excluding hydrogens is 597 g/mol. The number of sulfonamides is 1. The van der Waals surface area contributed by atoms with Gasteiger partial charge in [0, 0.05) is 12.6 Å². The molecule has 0 aliphatic heterocycles. The lowest BCUT2D eigenvalue weighted by atomic mass is 10.1. The predicted molar refractivity (Wildman–Crippen MR) is 166 cm³/mol. The smallest absolute Gasteiger partial charge is 0.264 e. The van der Waals surface area contributed by atoms with E-state index in [1.165, 1.54) is 29.2 Å². The van der Waals surface area contributed by atoms with Gasteiger partial charge in [-0.25, -0.2) is 8.42 Å². The van der Waals surface area contributed by atoms with E-state index < -0.39 is 28.5 Å². The molecule has 1 unspecified atom stereocenters. The summed E-state index contributed by atoms with van der Waals surface area (Å²) < 4.78 is 34.2. The molecule has 1 fully saturated rings. The summed E-state index contributed by atoms with van der Waals surface area (Å²) in [7, 11) is -2.70. The van der Waals surface area contributed by atoms with Gasteiger partial charge < -0.3 is 15.0 Å². The summed E-state index contributed by atoms with van der Waals surface area (Å²) in [4.78, 5) is 28.8. The molecule has 0 bridgehead atoms. The lowest BCUT2D eigenvalue weighted by Gasteiger charge is -2.32. The first kappa shape index (κ1) is 31.7. The highest BCUT2D eigenvalue weighted by molar-refractivity contribution is 7.92. The van der Waals surface area contributed by atoms with Gasteiger partial charge in [-0.05, 0) is 68.7 Å². The molecule has 0 aromatic heterocycles. The number of rotatable bonds is 11.